The van der Waals surface area contributed by atoms with Crippen LogP contribution in [0.2, 0.25) is 0 Å². The summed E-state index contributed by atoms with van der Waals surface area (Å²) in [6.45, 7) is 2.19. The summed E-state index contributed by atoms with van der Waals surface area (Å²) in [6.07, 6.45) is 3.93. The van der Waals surface area contributed by atoms with Crippen LogP contribution in [0.3, 0.4) is 0 Å². The van der Waals surface area contributed by atoms with Gasteiger partial charge in [0.25, 0.3) is 0 Å². The summed E-state index contributed by atoms with van der Waals surface area (Å²) in [4.78, 5) is 9.13. The summed E-state index contributed by atoms with van der Waals surface area (Å²) in [7, 11) is 0. The molecule has 0 saturated carbocycles. The molecule has 1 fully saturated rings. The average molecular weight is 269 g/mol. The Morgan fingerprint density at radius 1 is 1.20 bits per heavy atom. The topological polar surface area (TPSA) is 61.0 Å². The molecule has 0 bridgehead atoms. The minimum absolute atomic E-state index is 0.489. The van der Waals surface area contributed by atoms with Gasteiger partial charge in [0.05, 0.1) is 0 Å². The van der Waals surface area contributed by atoms with Crippen molar-refractivity contribution in [3.63, 3.8) is 0 Å². The van der Waals surface area contributed by atoms with E-state index in [1.54, 1.807) is 0 Å². The molecule has 1 aromatic heterocycles. The predicted molar refractivity (Wildman–Crippen MR) is 78.2 cm³/mol. The molecule has 4 nitrogen and oxygen atoms in total. The Labute approximate surface area is 119 Å². The lowest BCUT2D eigenvalue weighted by Gasteiger charge is -2.21. The highest BCUT2D eigenvalue weighted by Gasteiger charge is 2.17. The monoisotopic (exact) mass is 269 g/mol. The summed E-state index contributed by atoms with van der Waals surface area (Å²) in [5.41, 5.74) is 8.94. The molecule has 0 atom stereocenters. The van der Waals surface area contributed by atoms with E-state index in [-0.39, 0.29) is 0 Å². The minimum atomic E-state index is 0.489. The van der Waals surface area contributed by atoms with Crippen LogP contribution in [-0.4, -0.2) is 23.2 Å². The van der Waals surface area contributed by atoms with Gasteiger partial charge in [-0.2, -0.15) is 0 Å². The van der Waals surface area contributed by atoms with E-state index in [0.717, 1.165) is 48.7 Å². The van der Waals surface area contributed by atoms with Crippen LogP contribution in [-0.2, 0) is 11.3 Å². The van der Waals surface area contributed by atoms with Crippen molar-refractivity contribution in [2.24, 2.45) is 5.73 Å². The maximum atomic E-state index is 5.69. The Morgan fingerprint density at radius 3 is 2.85 bits per heavy atom. The zero-order valence-corrected chi connectivity index (χ0v) is 11.5. The van der Waals surface area contributed by atoms with Crippen LogP contribution in [0.4, 0.5) is 0 Å². The Bertz CT molecular complexity index is 579. The molecule has 2 N–H and O–H groups in total. The minimum Gasteiger partial charge on any atom is -0.381 e. The Morgan fingerprint density at radius 2 is 2.05 bits per heavy atom. The highest BCUT2D eigenvalue weighted by atomic mass is 16.5. The molecular weight excluding hydrogens is 250 g/mol. The largest absolute Gasteiger partial charge is 0.381 e. The fourth-order valence-corrected chi connectivity index (χ4v) is 2.57. The van der Waals surface area contributed by atoms with Crippen molar-refractivity contribution in [1.82, 2.24) is 9.97 Å². The van der Waals surface area contributed by atoms with Crippen LogP contribution in [0.25, 0.3) is 11.4 Å². The van der Waals surface area contributed by atoms with Crippen LogP contribution in [0, 0.1) is 0 Å². The van der Waals surface area contributed by atoms with Gasteiger partial charge in [0, 0.05) is 43.1 Å². The number of benzene rings is 1. The molecule has 104 valence electrons. The first-order chi connectivity index (χ1) is 9.86. The van der Waals surface area contributed by atoms with Crippen LogP contribution in [0.5, 0.6) is 0 Å². The number of nitrogens with two attached hydrogens (primary N) is 1. The maximum Gasteiger partial charge on any atom is 0.159 e. The Balaban J connectivity index is 1.89. The highest BCUT2D eigenvalue weighted by molar-refractivity contribution is 5.56. The van der Waals surface area contributed by atoms with E-state index in [1.807, 2.05) is 30.5 Å². The summed E-state index contributed by atoms with van der Waals surface area (Å²) in [5.74, 6) is 1.27. The van der Waals surface area contributed by atoms with Gasteiger partial charge in [-0.25, -0.2) is 9.97 Å². The van der Waals surface area contributed by atoms with Gasteiger partial charge in [-0.15, -0.1) is 0 Å². The molecule has 0 aliphatic carbocycles. The van der Waals surface area contributed by atoms with Crippen molar-refractivity contribution in [3.8, 4) is 11.4 Å². The molecule has 3 rings (SSSR count). The first-order valence-corrected chi connectivity index (χ1v) is 7.07. The van der Waals surface area contributed by atoms with Gasteiger partial charge in [0.1, 0.15) is 0 Å². The van der Waals surface area contributed by atoms with Crippen LogP contribution < -0.4 is 5.73 Å². The van der Waals surface area contributed by atoms with E-state index in [2.05, 4.69) is 11.1 Å². The van der Waals surface area contributed by atoms with E-state index in [1.165, 1.54) is 0 Å². The zero-order chi connectivity index (χ0) is 13.8. The molecule has 0 spiro atoms. The zero-order valence-electron chi connectivity index (χ0n) is 11.5. The fourth-order valence-electron chi connectivity index (χ4n) is 2.57. The smallest absolute Gasteiger partial charge is 0.159 e. The van der Waals surface area contributed by atoms with Crippen molar-refractivity contribution in [1.29, 1.82) is 0 Å². The van der Waals surface area contributed by atoms with Crippen molar-refractivity contribution in [2.45, 2.75) is 25.3 Å². The molecule has 1 aromatic carbocycles. The molecule has 20 heavy (non-hydrogen) atoms. The van der Waals surface area contributed by atoms with Gasteiger partial charge in [-0.1, -0.05) is 18.2 Å². The lowest BCUT2D eigenvalue weighted by Crippen LogP contribution is -2.15. The summed E-state index contributed by atoms with van der Waals surface area (Å²) in [6, 6.07) is 10.1. The van der Waals surface area contributed by atoms with Crippen molar-refractivity contribution in [2.75, 3.05) is 13.2 Å². The molecule has 0 unspecified atom stereocenters. The first-order valence-electron chi connectivity index (χ1n) is 7.07. The third-order valence-corrected chi connectivity index (χ3v) is 3.74. The number of aromatic nitrogens is 2. The van der Waals surface area contributed by atoms with Gasteiger partial charge >= 0.3 is 0 Å². The summed E-state index contributed by atoms with van der Waals surface area (Å²) < 4.78 is 5.41. The molecule has 2 aromatic rings. The first kappa shape index (κ1) is 13.2. The standard InChI is InChI=1S/C16H19N3O/c17-11-12-2-1-3-14(10-12)16-18-7-4-15(19-16)13-5-8-20-9-6-13/h1-4,7,10,13H,5-6,8-9,11,17H2. The van der Waals surface area contributed by atoms with Crippen LogP contribution in [0.15, 0.2) is 36.5 Å². The SMILES string of the molecule is NCc1cccc(-c2nccc(C3CCOCC3)n2)c1. The van der Waals surface area contributed by atoms with Crippen LogP contribution >= 0.6 is 0 Å². The highest BCUT2D eigenvalue weighted by Crippen LogP contribution is 2.26. The van der Waals surface area contributed by atoms with Gasteiger partial charge in [0.15, 0.2) is 5.82 Å². The van der Waals surface area contributed by atoms with E-state index >= 15 is 0 Å². The quantitative estimate of drug-likeness (QED) is 0.930. The van der Waals surface area contributed by atoms with Gasteiger partial charge in [0.2, 0.25) is 0 Å². The van der Waals surface area contributed by atoms with E-state index in [4.69, 9.17) is 15.5 Å². The number of rotatable bonds is 3. The van der Waals surface area contributed by atoms with Gasteiger partial charge in [-0.3, -0.25) is 0 Å². The summed E-state index contributed by atoms with van der Waals surface area (Å²) in [5, 5.41) is 0. The van der Waals surface area contributed by atoms with E-state index in [9.17, 15) is 0 Å². The van der Waals surface area contributed by atoms with Gasteiger partial charge < -0.3 is 10.5 Å². The fraction of sp³-hybridized carbons (Fsp3) is 0.375. The number of hydrogen-bond acceptors (Lipinski definition) is 4. The molecule has 0 radical (unpaired) electrons. The third kappa shape index (κ3) is 2.86. The molecule has 4 heteroatoms. The predicted octanol–water partition coefficient (Wildman–Crippen LogP) is 2.50. The van der Waals surface area contributed by atoms with Crippen LogP contribution in [0.1, 0.15) is 30.0 Å². The second-order valence-electron chi connectivity index (χ2n) is 5.10. The Kier molecular flexibility index (Phi) is 4.04. The lowest BCUT2D eigenvalue weighted by atomic mass is 9.96. The van der Waals surface area contributed by atoms with Crippen molar-refractivity contribution >= 4 is 0 Å². The second-order valence-corrected chi connectivity index (χ2v) is 5.10. The van der Waals surface area contributed by atoms with Crippen molar-refractivity contribution in [3.05, 3.63) is 47.8 Å². The number of nitrogens with zero attached hydrogens (tertiary/aromatic N) is 2. The maximum absolute atomic E-state index is 5.69. The number of hydrogen-bond donors (Lipinski definition) is 1. The summed E-state index contributed by atoms with van der Waals surface area (Å²) >= 11 is 0. The normalized spacial score (nSPS) is 16.2. The lowest BCUT2D eigenvalue weighted by molar-refractivity contribution is 0.0845. The molecule has 1 aliphatic rings. The van der Waals surface area contributed by atoms with E-state index in [0.29, 0.717) is 12.5 Å². The van der Waals surface area contributed by atoms with Crippen molar-refractivity contribution < 1.29 is 4.74 Å². The molecule has 1 saturated heterocycles. The molecule has 0 amide bonds. The third-order valence-electron chi connectivity index (χ3n) is 3.74. The molecule has 2 heterocycles. The molecule has 1 aliphatic heterocycles. The van der Waals surface area contributed by atoms with E-state index < -0.39 is 0 Å². The average Bonchev–Trinajstić information content (AvgIpc) is 2.56. The Hall–Kier alpha value is -1.78. The second kappa shape index (κ2) is 6.11. The molecular formula is C16H19N3O. The number of ether oxygens (including phenoxy) is 1. The van der Waals surface area contributed by atoms with Gasteiger partial charge in [-0.05, 0) is 30.5 Å².